The van der Waals surface area contributed by atoms with Crippen LogP contribution < -0.4 is 15.0 Å². The van der Waals surface area contributed by atoms with Gasteiger partial charge in [-0.05, 0) is 43.5 Å². The smallest absolute Gasteiger partial charge is 0.268 e. The number of rotatable bonds is 5. The maximum atomic E-state index is 13.2. The first-order chi connectivity index (χ1) is 14.5. The summed E-state index contributed by atoms with van der Waals surface area (Å²) in [6.07, 6.45) is 3.89. The van der Waals surface area contributed by atoms with Crippen molar-refractivity contribution in [3.63, 3.8) is 0 Å². The molecule has 1 aromatic carbocycles. The van der Waals surface area contributed by atoms with Crippen LogP contribution in [0.5, 0.6) is 11.5 Å². The van der Waals surface area contributed by atoms with Crippen molar-refractivity contribution in [2.45, 2.75) is 32.2 Å². The molecule has 1 amide bonds. The zero-order chi connectivity index (χ0) is 20.8. The van der Waals surface area contributed by atoms with Gasteiger partial charge < -0.3 is 18.9 Å². The van der Waals surface area contributed by atoms with Crippen LogP contribution in [0.4, 0.5) is 0 Å². The highest BCUT2D eigenvalue weighted by atomic mass is 16.7. The number of hydrogen-bond donors (Lipinski definition) is 0. The summed E-state index contributed by atoms with van der Waals surface area (Å²) >= 11 is 0. The second-order valence-electron chi connectivity index (χ2n) is 7.74. The highest BCUT2D eigenvalue weighted by Crippen LogP contribution is 2.40. The number of ether oxygens (including phenoxy) is 2. The lowest BCUT2D eigenvalue weighted by molar-refractivity contribution is 0.0779. The van der Waals surface area contributed by atoms with Crippen LogP contribution in [-0.2, 0) is 6.54 Å². The Morgan fingerprint density at radius 3 is 2.80 bits per heavy atom. The van der Waals surface area contributed by atoms with E-state index in [-0.39, 0.29) is 30.4 Å². The van der Waals surface area contributed by atoms with Crippen molar-refractivity contribution in [3.8, 4) is 17.2 Å². The maximum absolute atomic E-state index is 13.2. The average Bonchev–Trinajstić information content (AvgIpc) is 3.29. The minimum absolute atomic E-state index is 0.128. The number of benzene rings is 1. The predicted molar refractivity (Wildman–Crippen MR) is 107 cm³/mol. The van der Waals surface area contributed by atoms with Crippen LogP contribution in [-0.4, -0.2) is 34.4 Å². The highest BCUT2D eigenvalue weighted by Gasteiger charge is 2.28. The van der Waals surface area contributed by atoms with Gasteiger partial charge >= 0.3 is 0 Å². The number of carbonyl (C=O) groups is 1. The summed E-state index contributed by atoms with van der Waals surface area (Å²) in [5.74, 6) is 2.17. The van der Waals surface area contributed by atoms with Crippen molar-refractivity contribution in [2.75, 3.05) is 13.8 Å². The Kier molecular flexibility index (Phi) is 4.34. The van der Waals surface area contributed by atoms with Gasteiger partial charge in [-0.2, -0.15) is 0 Å². The first kappa shape index (κ1) is 18.5. The largest absolute Gasteiger partial charge is 0.454 e. The van der Waals surface area contributed by atoms with Gasteiger partial charge in [-0.3, -0.25) is 14.2 Å². The molecule has 0 unspecified atom stereocenters. The van der Waals surface area contributed by atoms with E-state index in [1.807, 2.05) is 6.07 Å². The lowest BCUT2D eigenvalue weighted by Crippen LogP contribution is -2.34. The molecule has 30 heavy (non-hydrogen) atoms. The second-order valence-corrected chi connectivity index (χ2v) is 7.74. The van der Waals surface area contributed by atoms with Gasteiger partial charge in [-0.25, -0.2) is 0 Å². The van der Waals surface area contributed by atoms with E-state index in [9.17, 15) is 9.59 Å². The summed E-state index contributed by atoms with van der Waals surface area (Å²) < 4.78 is 17.5. The molecular weight excluding hydrogens is 386 g/mol. The number of hydrogen-bond acceptors (Lipinski definition) is 6. The van der Waals surface area contributed by atoms with Crippen LogP contribution in [0.15, 0.2) is 45.8 Å². The second kappa shape index (κ2) is 7.05. The topological polar surface area (TPSA) is 86.8 Å². The molecule has 8 heteroatoms. The highest BCUT2D eigenvalue weighted by molar-refractivity contribution is 5.95. The van der Waals surface area contributed by atoms with E-state index in [1.165, 1.54) is 9.47 Å². The molecule has 1 fully saturated rings. The SMILES string of the molecule is Cc1ccn(-c2ccc3c(c2)OCO3)c(=O)c1C(=O)N(C)Cc1cc(C2CC2)on1. The van der Waals surface area contributed by atoms with Crippen LogP contribution >= 0.6 is 0 Å². The number of amides is 1. The lowest BCUT2D eigenvalue weighted by atomic mass is 10.1. The molecule has 0 atom stereocenters. The third-order valence-corrected chi connectivity index (χ3v) is 5.45. The molecule has 0 spiro atoms. The Bertz CT molecular complexity index is 1190. The molecular formula is C22H21N3O5. The number of carbonyl (C=O) groups excluding carboxylic acids is 1. The fourth-order valence-electron chi connectivity index (χ4n) is 3.59. The van der Waals surface area contributed by atoms with Crippen LogP contribution in [0, 0.1) is 6.92 Å². The van der Waals surface area contributed by atoms with Gasteiger partial charge in [0, 0.05) is 31.3 Å². The van der Waals surface area contributed by atoms with Gasteiger partial charge in [0.15, 0.2) is 11.5 Å². The van der Waals surface area contributed by atoms with Crippen molar-refractivity contribution in [1.82, 2.24) is 14.6 Å². The van der Waals surface area contributed by atoms with E-state index < -0.39 is 0 Å². The molecule has 0 N–H and O–H groups in total. The summed E-state index contributed by atoms with van der Waals surface area (Å²) in [6, 6.07) is 8.89. The minimum atomic E-state index is -0.385. The number of aromatic nitrogens is 2. The molecule has 0 bridgehead atoms. The number of aryl methyl sites for hydroxylation is 1. The van der Waals surface area contributed by atoms with E-state index in [0.29, 0.717) is 34.4 Å². The molecule has 3 aromatic rings. The third-order valence-electron chi connectivity index (χ3n) is 5.45. The summed E-state index contributed by atoms with van der Waals surface area (Å²) in [5.41, 5.74) is 1.64. The van der Waals surface area contributed by atoms with E-state index >= 15 is 0 Å². The predicted octanol–water partition coefficient (Wildman–Crippen LogP) is 3.01. The zero-order valence-electron chi connectivity index (χ0n) is 16.8. The van der Waals surface area contributed by atoms with Gasteiger partial charge in [0.2, 0.25) is 6.79 Å². The van der Waals surface area contributed by atoms with Crippen molar-refractivity contribution in [1.29, 1.82) is 0 Å². The molecule has 1 aliphatic heterocycles. The number of fused-ring (bicyclic) bond motifs is 1. The molecule has 1 saturated carbocycles. The maximum Gasteiger partial charge on any atom is 0.268 e. The minimum Gasteiger partial charge on any atom is -0.454 e. The quantitative estimate of drug-likeness (QED) is 0.646. The Hall–Kier alpha value is -3.55. The van der Waals surface area contributed by atoms with Crippen LogP contribution in [0.1, 0.15) is 46.1 Å². The fourth-order valence-corrected chi connectivity index (χ4v) is 3.59. The number of pyridine rings is 1. The standard InChI is InChI=1S/C22H21N3O5/c1-13-7-8-25(16-5-6-17-19(10-16)29-12-28-17)22(27)20(13)21(26)24(2)11-15-9-18(30-23-15)14-3-4-14/h5-10,14H,3-4,11-12H2,1-2H3. The summed E-state index contributed by atoms with van der Waals surface area (Å²) in [7, 11) is 1.66. The first-order valence-electron chi connectivity index (χ1n) is 9.84. The van der Waals surface area contributed by atoms with Gasteiger partial charge in [-0.15, -0.1) is 0 Å². The third kappa shape index (κ3) is 3.24. The molecule has 154 valence electrons. The molecule has 2 aromatic heterocycles. The Labute approximate surface area is 172 Å². The summed E-state index contributed by atoms with van der Waals surface area (Å²) in [4.78, 5) is 27.8. The molecule has 3 heterocycles. The fraction of sp³-hybridized carbons (Fsp3) is 0.318. The first-order valence-corrected chi connectivity index (χ1v) is 9.84. The lowest BCUT2D eigenvalue weighted by Gasteiger charge is -2.17. The van der Waals surface area contributed by atoms with Gasteiger partial charge in [0.25, 0.3) is 11.5 Å². The average molecular weight is 407 g/mol. The van der Waals surface area contributed by atoms with Gasteiger partial charge in [0.1, 0.15) is 17.0 Å². The Morgan fingerprint density at radius 2 is 2.00 bits per heavy atom. The van der Waals surface area contributed by atoms with Crippen molar-refractivity contribution in [2.24, 2.45) is 0 Å². The van der Waals surface area contributed by atoms with Crippen molar-refractivity contribution < 1.29 is 18.8 Å². The van der Waals surface area contributed by atoms with Crippen molar-refractivity contribution in [3.05, 3.63) is 69.5 Å². The van der Waals surface area contributed by atoms with E-state index in [1.54, 1.807) is 44.4 Å². The molecule has 1 aliphatic carbocycles. The zero-order valence-corrected chi connectivity index (χ0v) is 16.8. The van der Waals surface area contributed by atoms with Gasteiger partial charge in [-0.1, -0.05) is 5.16 Å². The molecule has 5 rings (SSSR count). The molecule has 0 radical (unpaired) electrons. The Morgan fingerprint density at radius 1 is 1.20 bits per heavy atom. The molecule has 2 aliphatic rings. The molecule has 0 saturated heterocycles. The van der Waals surface area contributed by atoms with Crippen LogP contribution in [0.25, 0.3) is 5.69 Å². The van der Waals surface area contributed by atoms with E-state index in [2.05, 4.69) is 5.16 Å². The van der Waals surface area contributed by atoms with Crippen LogP contribution in [0.3, 0.4) is 0 Å². The van der Waals surface area contributed by atoms with E-state index in [0.717, 1.165) is 18.6 Å². The van der Waals surface area contributed by atoms with Gasteiger partial charge in [0.05, 0.1) is 12.2 Å². The number of nitrogens with zero attached hydrogens (tertiary/aromatic N) is 3. The van der Waals surface area contributed by atoms with E-state index in [4.69, 9.17) is 14.0 Å². The van der Waals surface area contributed by atoms with Crippen molar-refractivity contribution >= 4 is 5.91 Å². The Balaban J connectivity index is 1.43. The molecule has 8 nitrogen and oxygen atoms in total. The summed E-state index contributed by atoms with van der Waals surface area (Å²) in [6.45, 7) is 2.18. The van der Waals surface area contributed by atoms with Crippen LogP contribution in [0.2, 0.25) is 0 Å². The monoisotopic (exact) mass is 407 g/mol. The normalized spacial score (nSPS) is 14.7. The summed E-state index contributed by atoms with van der Waals surface area (Å²) in [5, 5.41) is 4.06.